The minimum Gasteiger partial charge on any atom is -0.309 e. The average Bonchev–Trinajstić information content (AvgIpc) is 2.73. The molecule has 1 heterocycles. The zero-order chi connectivity index (χ0) is 14.3. The number of hydrogen-bond acceptors (Lipinski definition) is 3. The van der Waals surface area contributed by atoms with Gasteiger partial charge in [-0.15, -0.1) is 0 Å². The van der Waals surface area contributed by atoms with Crippen molar-refractivity contribution in [1.29, 1.82) is 0 Å². The molecule has 2 rings (SSSR count). The highest BCUT2D eigenvalue weighted by Crippen LogP contribution is 2.23. The first-order valence-corrected chi connectivity index (χ1v) is 8.03. The summed E-state index contributed by atoms with van der Waals surface area (Å²) >= 11 is 0. The lowest BCUT2D eigenvalue weighted by Gasteiger charge is -2.27. The molecule has 19 heavy (non-hydrogen) atoms. The van der Waals surface area contributed by atoms with Crippen molar-refractivity contribution in [3.8, 4) is 0 Å². The molecule has 0 saturated heterocycles. The van der Waals surface area contributed by atoms with Gasteiger partial charge in [0.05, 0.1) is 4.90 Å². The first kappa shape index (κ1) is 14.5. The van der Waals surface area contributed by atoms with Gasteiger partial charge >= 0.3 is 0 Å². The summed E-state index contributed by atoms with van der Waals surface area (Å²) in [5.74, 6) is 0. The lowest BCUT2D eigenvalue weighted by Crippen LogP contribution is -2.41. The molecule has 2 N–H and O–H groups in total. The summed E-state index contributed by atoms with van der Waals surface area (Å²) < 4.78 is 27.5. The molecular weight excluding hydrogens is 260 g/mol. The van der Waals surface area contributed by atoms with Crippen molar-refractivity contribution >= 4 is 10.0 Å². The van der Waals surface area contributed by atoms with Gasteiger partial charge in [-0.05, 0) is 35.6 Å². The topological polar surface area (TPSA) is 58.2 Å². The van der Waals surface area contributed by atoms with E-state index >= 15 is 0 Å². The predicted molar refractivity (Wildman–Crippen MR) is 76.2 cm³/mol. The van der Waals surface area contributed by atoms with Gasteiger partial charge in [-0.2, -0.15) is 0 Å². The summed E-state index contributed by atoms with van der Waals surface area (Å²) in [6, 6.07) is 5.23. The van der Waals surface area contributed by atoms with Crippen LogP contribution in [-0.2, 0) is 23.1 Å². The van der Waals surface area contributed by atoms with Crippen molar-refractivity contribution < 1.29 is 8.42 Å². The van der Waals surface area contributed by atoms with Crippen molar-refractivity contribution in [2.24, 2.45) is 5.41 Å². The molecule has 1 unspecified atom stereocenters. The fraction of sp³-hybridized carbons (Fsp3) is 0.571. The van der Waals surface area contributed by atoms with Crippen LogP contribution in [0.25, 0.3) is 0 Å². The summed E-state index contributed by atoms with van der Waals surface area (Å²) in [4.78, 5) is 0.353. The van der Waals surface area contributed by atoms with E-state index < -0.39 is 10.0 Å². The van der Waals surface area contributed by atoms with Crippen LogP contribution in [-0.4, -0.2) is 14.5 Å². The summed E-state index contributed by atoms with van der Waals surface area (Å²) in [6.07, 6.45) is 0. The molecule has 1 aliphatic rings. The molecule has 0 aliphatic carbocycles. The third-order valence-electron chi connectivity index (χ3n) is 3.75. The largest absolute Gasteiger partial charge is 0.309 e. The highest BCUT2D eigenvalue weighted by molar-refractivity contribution is 7.89. The van der Waals surface area contributed by atoms with E-state index in [4.69, 9.17) is 0 Å². The van der Waals surface area contributed by atoms with Gasteiger partial charge < -0.3 is 5.32 Å². The molecule has 5 heteroatoms. The third-order valence-corrected chi connectivity index (χ3v) is 5.29. The van der Waals surface area contributed by atoms with Crippen molar-refractivity contribution in [1.82, 2.24) is 10.0 Å². The van der Waals surface area contributed by atoms with Gasteiger partial charge in [0.1, 0.15) is 0 Å². The fourth-order valence-corrected chi connectivity index (χ4v) is 3.42. The van der Waals surface area contributed by atoms with Crippen LogP contribution in [0.3, 0.4) is 0 Å². The Labute approximate surface area is 115 Å². The van der Waals surface area contributed by atoms with Crippen LogP contribution in [0.2, 0.25) is 0 Å². The molecule has 0 radical (unpaired) electrons. The van der Waals surface area contributed by atoms with Gasteiger partial charge in [0.2, 0.25) is 10.0 Å². The molecule has 0 fully saturated rings. The molecule has 1 atom stereocenters. The summed E-state index contributed by atoms with van der Waals surface area (Å²) in [7, 11) is -3.44. The lowest BCUT2D eigenvalue weighted by molar-refractivity contribution is 0.317. The predicted octanol–water partition coefficient (Wildman–Crippen LogP) is 2.00. The SMILES string of the molecule is CC(NS(=O)(=O)c1ccc2c(c1)CNC2)C(C)(C)C. The molecule has 106 valence electrons. The van der Waals surface area contributed by atoms with Crippen LogP contribution in [0.1, 0.15) is 38.8 Å². The molecule has 1 aromatic carbocycles. The lowest BCUT2D eigenvalue weighted by atomic mass is 9.89. The zero-order valence-corrected chi connectivity index (χ0v) is 12.8. The van der Waals surface area contributed by atoms with Crippen molar-refractivity contribution in [3.63, 3.8) is 0 Å². The molecule has 1 aliphatic heterocycles. The third kappa shape index (κ3) is 3.16. The first-order valence-electron chi connectivity index (χ1n) is 6.55. The zero-order valence-electron chi connectivity index (χ0n) is 11.9. The second-order valence-corrected chi connectivity index (χ2v) is 7.96. The Hall–Kier alpha value is -0.910. The normalized spacial score (nSPS) is 17.3. The van der Waals surface area contributed by atoms with E-state index in [1.165, 1.54) is 5.56 Å². The molecule has 0 spiro atoms. The Balaban J connectivity index is 2.25. The Bertz CT molecular complexity index is 574. The molecule has 1 aromatic rings. The van der Waals surface area contributed by atoms with Crippen LogP contribution < -0.4 is 10.0 Å². The minimum atomic E-state index is -3.44. The Morgan fingerprint density at radius 1 is 1.21 bits per heavy atom. The highest BCUT2D eigenvalue weighted by atomic mass is 32.2. The molecular formula is C14H22N2O2S. The maximum Gasteiger partial charge on any atom is 0.240 e. The number of fused-ring (bicyclic) bond motifs is 1. The van der Waals surface area contributed by atoms with Gasteiger partial charge in [0.25, 0.3) is 0 Å². The quantitative estimate of drug-likeness (QED) is 0.891. The maximum atomic E-state index is 12.4. The van der Waals surface area contributed by atoms with Crippen molar-refractivity contribution in [2.45, 2.75) is 51.7 Å². The first-order chi connectivity index (χ1) is 8.70. The van der Waals surface area contributed by atoms with E-state index in [1.807, 2.05) is 33.8 Å². The highest BCUT2D eigenvalue weighted by Gasteiger charge is 2.26. The van der Waals surface area contributed by atoms with Crippen LogP contribution in [0.4, 0.5) is 0 Å². The Morgan fingerprint density at radius 2 is 1.84 bits per heavy atom. The van der Waals surface area contributed by atoms with Gasteiger partial charge in [-0.1, -0.05) is 26.8 Å². The fourth-order valence-electron chi connectivity index (χ4n) is 1.92. The smallest absolute Gasteiger partial charge is 0.240 e. The number of sulfonamides is 1. The molecule has 0 bridgehead atoms. The van der Waals surface area contributed by atoms with Gasteiger partial charge in [-0.3, -0.25) is 0 Å². The van der Waals surface area contributed by atoms with Crippen molar-refractivity contribution in [3.05, 3.63) is 29.3 Å². The summed E-state index contributed by atoms with van der Waals surface area (Å²) in [5.41, 5.74) is 2.15. The molecule has 4 nitrogen and oxygen atoms in total. The number of benzene rings is 1. The monoisotopic (exact) mass is 282 g/mol. The van der Waals surface area contributed by atoms with Crippen molar-refractivity contribution in [2.75, 3.05) is 0 Å². The standard InChI is InChI=1S/C14H22N2O2S/c1-10(14(2,3)4)16-19(17,18)13-6-5-11-8-15-9-12(11)7-13/h5-7,10,15-16H,8-9H2,1-4H3. The van der Waals surface area contributed by atoms with Gasteiger partial charge in [0, 0.05) is 19.1 Å². The van der Waals surface area contributed by atoms with Crippen LogP contribution in [0.5, 0.6) is 0 Å². The maximum absolute atomic E-state index is 12.4. The Kier molecular flexibility index (Phi) is 3.73. The molecule has 0 amide bonds. The van der Waals surface area contributed by atoms with Crippen LogP contribution in [0.15, 0.2) is 23.1 Å². The van der Waals surface area contributed by atoms with E-state index in [0.29, 0.717) is 4.90 Å². The van der Waals surface area contributed by atoms with Crippen LogP contribution in [0, 0.1) is 5.41 Å². The number of hydrogen-bond donors (Lipinski definition) is 2. The number of rotatable bonds is 3. The van der Waals surface area contributed by atoms with Crippen LogP contribution >= 0.6 is 0 Å². The number of nitrogens with one attached hydrogen (secondary N) is 2. The molecule has 0 saturated carbocycles. The molecule has 0 aromatic heterocycles. The Morgan fingerprint density at radius 3 is 2.47 bits per heavy atom. The van der Waals surface area contributed by atoms with Gasteiger partial charge in [0.15, 0.2) is 0 Å². The van der Waals surface area contributed by atoms with E-state index in [1.54, 1.807) is 12.1 Å². The second kappa shape index (κ2) is 4.89. The van der Waals surface area contributed by atoms with E-state index in [2.05, 4.69) is 10.0 Å². The second-order valence-electron chi connectivity index (χ2n) is 6.24. The van der Waals surface area contributed by atoms with E-state index in [-0.39, 0.29) is 11.5 Å². The average molecular weight is 282 g/mol. The summed E-state index contributed by atoms with van der Waals surface area (Å²) in [6.45, 7) is 9.52. The minimum absolute atomic E-state index is 0.106. The van der Waals surface area contributed by atoms with E-state index in [0.717, 1.165) is 18.7 Å². The van der Waals surface area contributed by atoms with Gasteiger partial charge in [-0.25, -0.2) is 13.1 Å². The summed E-state index contributed by atoms with van der Waals surface area (Å²) in [5, 5.41) is 3.22. The van der Waals surface area contributed by atoms with E-state index in [9.17, 15) is 8.42 Å².